The van der Waals surface area contributed by atoms with Gasteiger partial charge in [0.05, 0.1) is 13.2 Å². The first-order valence-corrected chi connectivity index (χ1v) is 9.04. The second-order valence-electron chi connectivity index (χ2n) is 6.16. The van der Waals surface area contributed by atoms with Crippen molar-refractivity contribution >= 4 is 46.5 Å². The van der Waals surface area contributed by atoms with Gasteiger partial charge >= 0.3 is 0 Å². The van der Waals surface area contributed by atoms with Crippen molar-refractivity contribution in [3.05, 3.63) is 60.3 Å². The van der Waals surface area contributed by atoms with Gasteiger partial charge < -0.3 is 25.1 Å². The monoisotopic (exact) mass is 494 g/mol. The molecule has 0 amide bonds. The molecule has 3 aromatic rings. The lowest BCUT2D eigenvalue weighted by atomic mass is 10.2. The molecule has 0 fully saturated rings. The molecule has 0 aliphatic carbocycles. The summed E-state index contributed by atoms with van der Waals surface area (Å²) in [7, 11) is 3.45. The first kappa shape index (κ1) is 22.0. The minimum Gasteiger partial charge on any atom is -0.493 e. The van der Waals surface area contributed by atoms with E-state index in [2.05, 4.69) is 38.8 Å². The molecule has 28 heavy (non-hydrogen) atoms. The summed E-state index contributed by atoms with van der Waals surface area (Å²) >= 11 is 0. The molecule has 0 bridgehead atoms. The zero-order valence-electron chi connectivity index (χ0n) is 16.2. The Morgan fingerprint density at radius 1 is 1.07 bits per heavy atom. The molecule has 1 aromatic heterocycles. The van der Waals surface area contributed by atoms with Crippen molar-refractivity contribution in [1.29, 1.82) is 0 Å². The van der Waals surface area contributed by atoms with Crippen molar-refractivity contribution in [1.82, 2.24) is 10.3 Å². The number of anilines is 1. The SMILES string of the molecule is CN=C(NCc1cc2ccccc2[nH]1)Nc1cccc(OCCCOC)c1.I. The number of ether oxygens (including phenoxy) is 2. The van der Waals surface area contributed by atoms with Gasteiger partial charge in [-0.3, -0.25) is 4.99 Å². The van der Waals surface area contributed by atoms with Crippen LogP contribution in [0, 0.1) is 0 Å². The van der Waals surface area contributed by atoms with Gasteiger partial charge in [-0.05, 0) is 29.7 Å². The third-order valence-electron chi connectivity index (χ3n) is 4.11. The molecule has 0 aliphatic heterocycles. The number of aliphatic imine (C=N–C) groups is 1. The molecule has 0 radical (unpaired) electrons. The number of H-pyrrole nitrogens is 1. The lowest BCUT2D eigenvalue weighted by Gasteiger charge is -2.13. The van der Waals surface area contributed by atoms with E-state index in [4.69, 9.17) is 9.47 Å². The smallest absolute Gasteiger partial charge is 0.195 e. The van der Waals surface area contributed by atoms with Crippen molar-refractivity contribution in [2.45, 2.75) is 13.0 Å². The third-order valence-corrected chi connectivity index (χ3v) is 4.11. The van der Waals surface area contributed by atoms with Gasteiger partial charge in [-0.15, -0.1) is 24.0 Å². The Morgan fingerprint density at radius 3 is 2.71 bits per heavy atom. The zero-order chi connectivity index (χ0) is 18.9. The van der Waals surface area contributed by atoms with E-state index in [9.17, 15) is 0 Å². The number of rotatable bonds is 8. The Kier molecular flexibility index (Phi) is 9.09. The number of hydrogen-bond donors (Lipinski definition) is 3. The Labute approximate surface area is 182 Å². The maximum atomic E-state index is 5.74. The van der Waals surface area contributed by atoms with Crippen LogP contribution >= 0.6 is 24.0 Å². The number of aromatic amines is 1. The summed E-state index contributed by atoms with van der Waals surface area (Å²) in [6.07, 6.45) is 0.863. The molecule has 0 unspecified atom stereocenters. The van der Waals surface area contributed by atoms with E-state index in [1.807, 2.05) is 36.4 Å². The Bertz CT molecular complexity index is 862. The lowest BCUT2D eigenvalue weighted by Crippen LogP contribution is -2.30. The first-order chi connectivity index (χ1) is 13.3. The normalized spacial score (nSPS) is 11.1. The van der Waals surface area contributed by atoms with E-state index in [-0.39, 0.29) is 24.0 Å². The molecule has 0 atom stereocenters. The molecule has 0 aliphatic rings. The van der Waals surface area contributed by atoms with E-state index in [1.165, 1.54) is 5.39 Å². The highest BCUT2D eigenvalue weighted by Crippen LogP contribution is 2.18. The van der Waals surface area contributed by atoms with E-state index >= 15 is 0 Å². The quantitative estimate of drug-likeness (QED) is 0.188. The van der Waals surface area contributed by atoms with E-state index in [0.29, 0.717) is 25.7 Å². The zero-order valence-corrected chi connectivity index (χ0v) is 18.5. The molecule has 1 heterocycles. The van der Waals surface area contributed by atoms with Crippen LogP contribution in [0.4, 0.5) is 5.69 Å². The molecule has 0 saturated heterocycles. The van der Waals surface area contributed by atoms with Crippen LogP contribution < -0.4 is 15.4 Å². The summed E-state index contributed by atoms with van der Waals surface area (Å²) in [6.45, 7) is 1.98. The van der Waals surface area contributed by atoms with Gasteiger partial charge in [-0.1, -0.05) is 24.3 Å². The molecule has 3 rings (SSSR count). The standard InChI is InChI=1S/C21H26N4O2.HI/c1-22-21(23-15-18-13-16-7-3-4-10-20(16)24-18)25-17-8-5-9-19(14-17)27-12-6-11-26-2;/h3-5,7-10,13-14,24H,6,11-12,15H2,1-2H3,(H2,22,23,25);1H. The summed E-state index contributed by atoms with van der Waals surface area (Å²) < 4.78 is 10.8. The molecule has 0 spiro atoms. The highest BCUT2D eigenvalue weighted by atomic mass is 127. The lowest BCUT2D eigenvalue weighted by molar-refractivity contribution is 0.172. The fourth-order valence-electron chi connectivity index (χ4n) is 2.78. The van der Waals surface area contributed by atoms with Gasteiger partial charge in [0, 0.05) is 50.1 Å². The minimum atomic E-state index is 0. The Balaban J connectivity index is 0.00000280. The minimum absolute atomic E-state index is 0. The Morgan fingerprint density at radius 2 is 1.93 bits per heavy atom. The number of benzene rings is 2. The second kappa shape index (κ2) is 11.6. The molecular weight excluding hydrogens is 467 g/mol. The number of methoxy groups -OCH3 is 1. The highest BCUT2D eigenvalue weighted by Gasteiger charge is 2.04. The predicted octanol–water partition coefficient (Wildman–Crippen LogP) is 4.39. The van der Waals surface area contributed by atoms with Crippen LogP contribution in [0.3, 0.4) is 0 Å². The number of nitrogens with one attached hydrogen (secondary N) is 3. The molecule has 0 saturated carbocycles. The number of para-hydroxylation sites is 1. The Hall–Kier alpha value is -2.26. The average molecular weight is 494 g/mol. The van der Waals surface area contributed by atoms with Crippen LogP contribution in [0.1, 0.15) is 12.1 Å². The van der Waals surface area contributed by atoms with Crippen molar-refractivity contribution in [2.75, 3.05) is 32.7 Å². The molecule has 150 valence electrons. The van der Waals surface area contributed by atoms with Crippen LogP contribution in [0.25, 0.3) is 10.9 Å². The molecule has 2 aromatic carbocycles. The van der Waals surface area contributed by atoms with Crippen molar-refractivity contribution in [3.63, 3.8) is 0 Å². The van der Waals surface area contributed by atoms with Crippen LogP contribution in [-0.4, -0.2) is 38.3 Å². The van der Waals surface area contributed by atoms with Crippen molar-refractivity contribution in [2.24, 2.45) is 4.99 Å². The number of halogens is 1. The maximum Gasteiger partial charge on any atom is 0.195 e. The van der Waals surface area contributed by atoms with Crippen LogP contribution in [0.5, 0.6) is 5.75 Å². The summed E-state index contributed by atoms with van der Waals surface area (Å²) in [4.78, 5) is 7.70. The van der Waals surface area contributed by atoms with Crippen molar-refractivity contribution in [3.8, 4) is 5.75 Å². The fourth-order valence-corrected chi connectivity index (χ4v) is 2.78. The van der Waals surface area contributed by atoms with Crippen LogP contribution in [0.2, 0.25) is 0 Å². The van der Waals surface area contributed by atoms with Gasteiger partial charge in [-0.2, -0.15) is 0 Å². The number of aromatic nitrogens is 1. The first-order valence-electron chi connectivity index (χ1n) is 9.04. The van der Waals surface area contributed by atoms with E-state index < -0.39 is 0 Å². The average Bonchev–Trinajstić information content (AvgIpc) is 3.12. The van der Waals surface area contributed by atoms with E-state index in [1.54, 1.807) is 14.2 Å². The summed E-state index contributed by atoms with van der Waals surface area (Å²) in [6, 6.07) is 18.2. The van der Waals surface area contributed by atoms with E-state index in [0.717, 1.165) is 29.1 Å². The highest BCUT2D eigenvalue weighted by molar-refractivity contribution is 14.0. The largest absolute Gasteiger partial charge is 0.493 e. The molecular formula is C21H27IN4O2. The number of fused-ring (bicyclic) bond motifs is 1. The number of nitrogens with zero attached hydrogens (tertiary/aromatic N) is 1. The van der Waals surface area contributed by atoms with Gasteiger partial charge in [0.2, 0.25) is 0 Å². The van der Waals surface area contributed by atoms with Gasteiger partial charge in [0.1, 0.15) is 5.75 Å². The number of hydrogen-bond acceptors (Lipinski definition) is 3. The van der Waals surface area contributed by atoms with Crippen LogP contribution in [0.15, 0.2) is 59.6 Å². The summed E-state index contributed by atoms with van der Waals surface area (Å²) in [5, 5.41) is 7.82. The number of guanidine groups is 1. The fraction of sp³-hybridized carbons (Fsp3) is 0.286. The van der Waals surface area contributed by atoms with Crippen LogP contribution in [-0.2, 0) is 11.3 Å². The summed E-state index contributed by atoms with van der Waals surface area (Å²) in [5.41, 5.74) is 3.16. The topological polar surface area (TPSA) is 70.7 Å². The second-order valence-corrected chi connectivity index (χ2v) is 6.16. The van der Waals surface area contributed by atoms with Crippen molar-refractivity contribution < 1.29 is 9.47 Å². The van der Waals surface area contributed by atoms with Gasteiger partial charge in [0.15, 0.2) is 5.96 Å². The molecule has 6 nitrogen and oxygen atoms in total. The summed E-state index contributed by atoms with van der Waals surface area (Å²) in [5.74, 6) is 1.52. The van der Waals surface area contributed by atoms with Gasteiger partial charge in [0.25, 0.3) is 0 Å². The molecule has 7 heteroatoms. The maximum absolute atomic E-state index is 5.74. The molecule has 3 N–H and O–H groups in total. The predicted molar refractivity (Wildman–Crippen MR) is 126 cm³/mol. The van der Waals surface area contributed by atoms with Gasteiger partial charge in [-0.25, -0.2) is 0 Å². The third kappa shape index (κ3) is 6.42.